The average Bonchev–Trinajstić information content (AvgIpc) is 2.85. The second kappa shape index (κ2) is 5.12. The van der Waals surface area contributed by atoms with E-state index in [0.717, 1.165) is 18.5 Å². The molecule has 3 nitrogen and oxygen atoms in total. The van der Waals surface area contributed by atoms with Gasteiger partial charge in [-0.2, -0.15) is 0 Å². The van der Waals surface area contributed by atoms with Crippen molar-refractivity contribution >= 4 is 11.6 Å². The monoisotopic (exact) mass is 272 g/mol. The third-order valence-electron chi connectivity index (χ3n) is 4.91. The molecule has 20 heavy (non-hydrogen) atoms. The number of para-hydroxylation sites is 1. The molecule has 1 unspecified atom stereocenters. The Balaban J connectivity index is 1.64. The number of carbonyl (C=O) groups excluding carboxylic acids is 1. The van der Waals surface area contributed by atoms with Crippen molar-refractivity contribution in [3.63, 3.8) is 0 Å². The van der Waals surface area contributed by atoms with Crippen LogP contribution in [0.15, 0.2) is 24.3 Å². The first-order chi connectivity index (χ1) is 9.56. The third kappa shape index (κ3) is 2.54. The molecule has 3 heteroatoms. The van der Waals surface area contributed by atoms with Crippen molar-refractivity contribution in [3.05, 3.63) is 29.8 Å². The van der Waals surface area contributed by atoms with Crippen LogP contribution in [0.3, 0.4) is 0 Å². The van der Waals surface area contributed by atoms with Crippen molar-refractivity contribution in [1.82, 2.24) is 5.32 Å². The average molecular weight is 272 g/mol. The molecule has 3 rings (SSSR count). The summed E-state index contributed by atoms with van der Waals surface area (Å²) in [5.41, 5.74) is 2.57. The Morgan fingerprint density at radius 3 is 2.85 bits per heavy atom. The number of hydrogen-bond donors (Lipinski definition) is 2. The molecule has 0 bridgehead atoms. The van der Waals surface area contributed by atoms with Crippen LogP contribution in [0.5, 0.6) is 0 Å². The molecule has 0 saturated heterocycles. The molecule has 2 aliphatic rings. The van der Waals surface area contributed by atoms with Crippen LogP contribution in [0.4, 0.5) is 5.69 Å². The van der Waals surface area contributed by atoms with Crippen molar-refractivity contribution in [2.75, 3.05) is 5.32 Å². The van der Waals surface area contributed by atoms with Gasteiger partial charge < -0.3 is 10.6 Å². The molecule has 1 amide bonds. The second-order valence-corrected chi connectivity index (χ2v) is 6.85. The van der Waals surface area contributed by atoms with Gasteiger partial charge in [-0.1, -0.05) is 44.9 Å². The number of hydrogen-bond acceptors (Lipinski definition) is 2. The summed E-state index contributed by atoms with van der Waals surface area (Å²) in [6.07, 6.45) is 5.63. The topological polar surface area (TPSA) is 41.1 Å². The summed E-state index contributed by atoms with van der Waals surface area (Å²) >= 11 is 0. The minimum Gasteiger partial charge on any atom is -0.373 e. The van der Waals surface area contributed by atoms with E-state index in [9.17, 15) is 4.79 Å². The molecule has 1 aromatic carbocycles. The summed E-state index contributed by atoms with van der Waals surface area (Å²) < 4.78 is 0. The molecule has 1 fully saturated rings. The molecule has 0 aromatic heterocycles. The number of anilines is 1. The highest BCUT2D eigenvalue weighted by atomic mass is 16.2. The minimum absolute atomic E-state index is 0.106. The number of nitrogens with one attached hydrogen (secondary N) is 2. The summed E-state index contributed by atoms with van der Waals surface area (Å²) in [4.78, 5) is 12.5. The lowest BCUT2D eigenvalue weighted by Gasteiger charge is -2.39. The molecule has 1 heterocycles. The Kier molecular flexibility index (Phi) is 3.45. The summed E-state index contributed by atoms with van der Waals surface area (Å²) in [6.45, 7) is 4.54. The van der Waals surface area contributed by atoms with Gasteiger partial charge in [0.25, 0.3) is 0 Å². The molecule has 0 radical (unpaired) electrons. The molecule has 1 saturated carbocycles. The van der Waals surface area contributed by atoms with E-state index in [1.165, 1.54) is 24.8 Å². The Hall–Kier alpha value is -1.51. The Morgan fingerprint density at radius 1 is 1.30 bits per heavy atom. The number of rotatable bonds is 2. The third-order valence-corrected chi connectivity index (χ3v) is 4.91. The van der Waals surface area contributed by atoms with E-state index in [4.69, 9.17) is 0 Å². The first-order valence-electron chi connectivity index (χ1n) is 7.71. The summed E-state index contributed by atoms with van der Waals surface area (Å²) in [5, 5.41) is 6.62. The molecular weight excluding hydrogens is 248 g/mol. The van der Waals surface area contributed by atoms with E-state index in [1.54, 1.807) is 0 Å². The van der Waals surface area contributed by atoms with Gasteiger partial charge in [0, 0.05) is 18.2 Å². The molecule has 0 spiro atoms. The van der Waals surface area contributed by atoms with Gasteiger partial charge in [0.05, 0.1) is 0 Å². The minimum atomic E-state index is -0.106. The standard InChI is InChI=1S/C17H24N2O/c1-17(2)10-6-5-9-15(17)19-16(20)14-11-12-7-3-4-8-13(12)18-14/h3-4,7-8,14-15,18H,5-6,9-11H2,1-2H3,(H,19,20)/t14-,15?/m0/s1. The van der Waals surface area contributed by atoms with E-state index in [2.05, 4.69) is 30.5 Å². The van der Waals surface area contributed by atoms with Crippen LogP contribution in [-0.4, -0.2) is 18.0 Å². The zero-order valence-corrected chi connectivity index (χ0v) is 12.4. The van der Waals surface area contributed by atoms with Gasteiger partial charge in [0.2, 0.25) is 5.91 Å². The molecule has 1 aliphatic heterocycles. The van der Waals surface area contributed by atoms with Crippen molar-refractivity contribution in [3.8, 4) is 0 Å². The van der Waals surface area contributed by atoms with Gasteiger partial charge >= 0.3 is 0 Å². The lowest BCUT2D eigenvalue weighted by atomic mass is 9.73. The fraction of sp³-hybridized carbons (Fsp3) is 0.588. The maximum atomic E-state index is 12.5. The molecule has 2 N–H and O–H groups in total. The van der Waals surface area contributed by atoms with Gasteiger partial charge in [-0.05, 0) is 29.9 Å². The lowest BCUT2D eigenvalue weighted by molar-refractivity contribution is -0.123. The first-order valence-corrected chi connectivity index (χ1v) is 7.71. The van der Waals surface area contributed by atoms with Crippen LogP contribution in [0.25, 0.3) is 0 Å². The summed E-state index contributed by atoms with van der Waals surface area (Å²) in [5.74, 6) is 0.154. The predicted octanol–water partition coefficient (Wildman–Crippen LogP) is 3.11. The van der Waals surface area contributed by atoms with Crippen molar-refractivity contribution in [1.29, 1.82) is 0 Å². The highest BCUT2D eigenvalue weighted by molar-refractivity contribution is 5.87. The molecule has 1 aliphatic carbocycles. The van der Waals surface area contributed by atoms with Crippen LogP contribution in [0.2, 0.25) is 0 Å². The number of carbonyl (C=O) groups is 1. The van der Waals surface area contributed by atoms with E-state index in [1.807, 2.05) is 18.2 Å². The fourth-order valence-corrected chi connectivity index (χ4v) is 3.49. The van der Waals surface area contributed by atoms with Gasteiger partial charge in [-0.25, -0.2) is 0 Å². The van der Waals surface area contributed by atoms with Crippen LogP contribution in [0.1, 0.15) is 45.1 Å². The van der Waals surface area contributed by atoms with Gasteiger partial charge in [-0.15, -0.1) is 0 Å². The zero-order valence-electron chi connectivity index (χ0n) is 12.4. The Labute approximate surface area is 121 Å². The van der Waals surface area contributed by atoms with E-state index < -0.39 is 0 Å². The van der Waals surface area contributed by atoms with Crippen molar-refractivity contribution in [2.24, 2.45) is 5.41 Å². The van der Waals surface area contributed by atoms with E-state index in [0.29, 0.717) is 6.04 Å². The number of benzene rings is 1. The van der Waals surface area contributed by atoms with Crippen molar-refractivity contribution in [2.45, 2.75) is 58.0 Å². The maximum Gasteiger partial charge on any atom is 0.243 e. The largest absolute Gasteiger partial charge is 0.373 e. The van der Waals surface area contributed by atoms with Crippen molar-refractivity contribution < 1.29 is 4.79 Å². The Morgan fingerprint density at radius 2 is 2.10 bits per heavy atom. The van der Waals surface area contributed by atoms with Crippen LogP contribution in [-0.2, 0) is 11.2 Å². The van der Waals surface area contributed by atoms with Gasteiger partial charge in [0.15, 0.2) is 0 Å². The number of fused-ring (bicyclic) bond motifs is 1. The smallest absolute Gasteiger partial charge is 0.243 e. The van der Waals surface area contributed by atoms with E-state index >= 15 is 0 Å². The lowest BCUT2D eigenvalue weighted by Crippen LogP contribution is -2.51. The predicted molar refractivity (Wildman–Crippen MR) is 81.7 cm³/mol. The highest BCUT2D eigenvalue weighted by Crippen LogP contribution is 2.35. The second-order valence-electron chi connectivity index (χ2n) is 6.85. The van der Waals surface area contributed by atoms with Crippen LogP contribution in [0, 0.1) is 5.41 Å². The Bertz CT molecular complexity index is 484. The quantitative estimate of drug-likeness (QED) is 0.868. The normalized spacial score (nSPS) is 27.5. The van der Waals surface area contributed by atoms with Crippen LogP contribution >= 0.6 is 0 Å². The summed E-state index contributed by atoms with van der Waals surface area (Å²) in [7, 11) is 0. The highest BCUT2D eigenvalue weighted by Gasteiger charge is 2.35. The van der Waals surface area contributed by atoms with Crippen LogP contribution < -0.4 is 10.6 Å². The maximum absolute atomic E-state index is 12.5. The molecular formula is C17H24N2O. The molecule has 1 aromatic rings. The SMILES string of the molecule is CC1(C)CCCCC1NC(=O)[C@@H]1Cc2ccccc2N1. The summed E-state index contributed by atoms with van der Waals surface area (Å²) in [6, 6.07) is 8.40. The van der Waals surface area contributed by atoms with Gasteiger partial charge in [-0.3, -0.25) is 4.79 Å². The molecule has 2 atom stereocenters. The van der Waals surface area contributed by atoms with Gasteiger partial charge in [0.1, 0.15) is 6.04 Å². The van der Waals surface area contributed by atoms with E-state index in [-0.39, 0.29) is 17.4 Å². The zero-order chi connectivity index (χ0) is 14.2. The molecule has 108 valence electrons. The number of amides is 1. The fourth-order valence-electron chi connectivity index (χ4n) is 3.49. The first kappa shape index (κ1) is 13.5.